The first-order valence-corrected chi connectivity index (χ1v) is 7.47. The highest BCUT2D eigenvalue weighted by Gasteiger charge is 2.26. The molecule has 1 aliphatic rings. The standard InChI is InChI=1S/C13H14FNO4S/c14-13-10-12(4-3-11(13)2-1-7-16)20(17,18)15-5-8-19-9-6-15/h3-4,10,16H,5-9H2. The number of ether oxygens (including phenoxy) is 1. The number of morpholine rings is 1. The Bertz CT molecular complexity index is 642. The molecule has 0 saturated carbocycles. The first kappa shape index (κ1) is 14.9. The third-order valence-corrected chi connectivity index (χ3v) is 4.75. The molecule has 1 saturated heterocycles. The number of nitrogens with zero attached hydrogens (tertiary/aromatic N) is 1. The molecule has 1 N–H and O–H groups in total. The van der Waals surface area contributed by atoms with Crippen LogP contribution in [0.15, 0.2) is 23.1 Å². The third-order valence-electron chi connectivity index (χ3n) is 2.85. The smallest absolute Gasteiger partial charge is 0.243 e. The summed E-state index contributed by atoms with van der Waals surface area (Å²) in [6.07, 6.45) is 0. The summed E-state index contributed by atoms with van der Waals surface area (Å²) in [5, 5.41) is 8.56. The summed E-state index contributed by atoms with van der Waals surface area (Å²) in [5.41, 5.74) is 0.0555. The molecule has 0 spiro atoms. The van der Waals surface area contributed by atoms with Crippen LogP contribution in [0.5, 0.6) is 0 Å². The molecule has 1 aromatic carbocycles. The summed E-state index contributed by atoms with van der Waals surface area (Å²) < 4.78 is 44.7. The Morgan fingerprint density at radius 1 is 1.35 bits per heavy atom. The second-order valence-corrected chi connectivity index (χ2v) is 6.06. The maximum absolute atomic E-state index is 13.8. The number of benzene rings is 1. The summed E-state index contributed by atoms with van der Waals surface area (Å²) in [6.45, 7) is 0.808. The Balaban J connectivity index is 2.30. The maximum atomic E-state index is 13.8. The van der Waals surface area contributed by atoms with Crippen LogP contribution in [-0.4, -0.2) is 50.7 Å². The van der Waals surface area contributed by atoms with Gasteiger partial charge in [-0.2, -0.15) is 4.31 Å². The predicted octanol–water partition coefficient (Wildman–Crippen LogP) is 0.190. The molecule has 7 heteroatoms. The number of aliphatic hydroxyl groups excluding tert-OH is 1. The molecule has 0 aliphatic carbocycles. The van der Waals surface area contributed by atoms with Gasteiger partial charge in [0.1, 0.15) is 12.4 Å². The second-order valence-electron chi connectivity index (χ2n) is 4.12. The van der Waals surface area contributed by atoms with Crippen molar-refractivity contribution in [2.45, 2.75) is 4.90 Å². The van der Waals surface area contributed by atoms with Crippen molar-refractivity contribution in [3.63, 3.8) is 0 Å². The van der Waals surface area contributed by atoms with Crippen molar-refractivity contribution in [3.8, 4) is 11.8 Å². The zero-order valence-corrected chi connectivity index (χ0v) is 11.5. The number of aliphatic hydroxyl groups is 1. The lowest BCUT2D eigenvalue weighted by atomic mass is 10.2. The topological polar surface area (TPSA) is 66.8 Å². The Hall–Kier alpha value is -1.46. The van der Waals surface area contributed by atoms with E-state index in [9.17, 15) is 12.8 Å². The van der Waals surface area contributed by atoms with Crippen LogP contribution in [0.4, 0.5) is 4.39 Å². The Morgan fingerprint density at radius 3 is 2.65 bits per heavy atom. The van der Waals surface area contributed by atoms with Crippen LogP contribution >= 0.6 is 0 Å². The fourth-order valence-corrected chi connectivity index (χ4v) is 3.25. The molecule has 0 atom stereocenters. The molecule has 1 heterocycles. The molecule has 0 amide bonds. The summed E-state index contributed by atoms with van der Waals surface area (Å²) in [5.74, 6) is 4.01. The van der Waals surface area contributed by atoms with Gasteiger partial charge in [-0.1, -0.05) is 11.8 Å². The van der Waals surface area contributed by atoms with Crippen LogP contribution in [0.25, 0.3) is 0 Å². The fraction of sp³-hybridized carbons (Fsp3) is 0.385. The second kappa shape index (κ2) is 6.33. The molecule has 5 nitrogen and oxygen atoms in total. The number of halogens is 1. The van der Waals surface area contributed by atoms with Crippen LogP contribution in [-0.2, 0) is 14.8 Å². The van der Waals surface area contributed by atoms with E-state index in [1.165, 1.54) is 16.4 Å². The lowest BCUT2D eigenvalue weighted by Crippen LogP contribution is -2.40. The molecule has 1 aromatic rings. The van der Waals surface area contributed by atoms with Crippen molar-refractivity contribution < 1.29 is 22.7 Å². The fourth-order valence-electron chi connectivity index (χ4n) is 1.83. The lowest BCUT2D eigenvalue weighted by molar-refractivity contribution is 0.0730. The van der Waals surface area contributed by atoms with E-state index >= 15 is 0 Å². The highest BCUT2D eigenvalue weighted by Crippen LogP contribution is 2.19. The molecular formula is C13H14FNO4S. The molecule has 0 radical (unpaired) electrons. The van der Waals surface area contributed by atoms with E-state index < -0.39 is 15.8 Å². The average molecular weight is 299 g/mol. The Labute approximate surface area is 117 Å². The van der Waals surface area contributed by atoms with Gasteiger partial charge >= 0.3 is 0 Å². The van der Waals surface area contributed by atoms with E-state index in [0.717, 1.165) is 6.07 Å². The molecule has 2 rings (SSSR count). The Morgan fingerprint density at radius 2 is 2.05 bits per heavy atom. The molecule has 20 heavy (non-hydrogen) atoms. The minimum atomic E-state index is -3.71. The van der Waals surface area contributed by atoms with Gasteiger partial charge in [-0.25, -0.2) is 12.8 Å². The van der Waals surface area contributed by atoms with Crippen molar-refractivity contribution in [3.05, 3.63) is 29.6 Å². The monoisotopic (exact) mass is 299 g/mol. The molecular weight excluding hydrogens is 285 g/mol. The van der Waals surface area contributed by atoms with E-state index in [1.54, 1.807) is 0 Å². The average Bonchev–Trinajstić information content (AvgIpc) is 2.47. The lowest BCUT2D eigenvalue weighted by Gasteiger charge is -2.26. The highest BCUT2D eigenvalue weighted by atomic mass is 32.2. The van der Waals surface area contributed by atoms with Crippen molar-refractivity contribution in [2.24, 2.45) is 0 Å². The van der Waals surface area contributed by atoms with Gasteiger partial charge in [0.05, 0.1) is 23.7 Å². The summed E-state index contributed by atoms with van der Waals surface area (Å²) >= 11 is 0. The van der Waals surface area contributed by atoms with Crippen molar-refractivity contribution in [1.29, 1.82) is 0 Å². The first-order chi connectivity index (χ1) is 9.55. The van der Waals surface area contributed by atoms with E-state index in [4.69, 9.17) is 9.84 Å². The summed E-state index contributed by atoms with van der Waals surface area (Å²) in [7, 11) is -3.71. The first-order valence-electron chi connectivity index (χ1n) is 6.03. The van der Waals surface area contributed by atoms with E-state index in [2.05, 4.69) is 11.8 Å². The van der Waals surface area contributed by atoms with Crippen LogP contribution in [0.2, 0.25) is 0 Å². The number of hydrogen-bond acceptors (Lipinski definition) is 4. The van der Waals surface area contributed by atoms with Crippen LogP contribution in [0.3, 0.4) is 0 Å². The molecule has 0 aromatic heterocycles. The van der Waals surface area contributed by atoms with Crippen LogP contribution in [0.1, 0.15) is 5.56 Å². The summed E-state index contributed by atoms with van der Waals surface area (Å²) in [4.78, 5) is -0.105. The van der Waals surface area contributed by atoms with E-state index in [-0.39, 0.29) is 30.2 Å². The van der Waals surface area contributed by atoms with E-state index in [0.29, 0.717) is 13.2 Å². The Kier molecular flexibility index (Phi) is 4.73. The molecule has 0 bridgehead atoms. The maximum Gasteiger partial charge on any atom is 0.243 e. The van der Waals surface area contributed by atoms with Crippen LogP contribution in [0, 0.1) is 17.7 Å². The molecule has 108 valence electrons. The number of hydrogen-bond donors (Lipinski definition) is 1. The molecule has 1 fully saturated rings. The van der Waals surface area contributed by atoms with Gasteiger partial charge in [-0.15, -0.1) is 0 Å². The van der Waals surface area contributed by atoms with Crippen molar-refractivity contribution in [2.75, 3.05) is 32.9 Å². The van der Waals surface area contributed by atoms with Gasteiger partial charge in [0.15, 0.2) is 0 Å². The van der Waals surface area contributed by atoms with Gasteiger partial charge in [0.2, 0.25) is 10.0 Å². The number of sulfonamides is 1. The highest BCUT2D eigenvalue weighted by molar-refractivity contribution is 7.89. The normalized spacial score (nSPS) is 16.5. The van der Waals surface area contributed by atoms with Gasteiger partial charge in [0, 0.05) is 13.1 Å². The van der Waals surface area contributed by atoms with Crippen molar-refractivity contribution >= 4 is 10.0 Å². The zero-order chi connectivity index (χ0) is 14.6. The predicted molar refractivity (Wildman–Crippen MR) is 69.9 cm³/mol. The van der Waals surface area contributed by atoms with E-state index in [1.807, 2.05) is 0 Å². The SMILES string of the molecule is O=S(=O)(c1ccc(C#CCO)c(F)c1)N1CCOCC1. The minimum Gasteiger partial charge on any atom is -0.384 e. The largest absolute Gasteiger partial charge is 0.384 e. The molecule has 1 aliphatic heterocycles. The molecule has 0 unspecified atom stereocenters. The van der Waals surface area contributed by atoms with Gasteiger partial charge in [-0.3, -0.25) is 0 Å². The quantitative estimate of drug-likeness (QED) is 0.792. The van der Waals surface area contributed by atoms with Gasteiger partial charge in [-0.05, 0) is 18.2 Å². The summed E-state index contributed by atoms with van der Waals surface area (Å²) in [6, 6.07) is 3.56. The van der Waals surface area contributed by atoms with Gasteiger partial charge in [0.25, 0.3) is 0 Å². The number of rotatable bonds is 2. The van der Waals surface area contributed by atoms with Crippen LogP contribution < -0.4 is 0 Å². The van der Waals surface area contributed by atoms with Gasteiger partial charge < -0.3 is 9.84 Å². The zero-order valence-electron chi connectivity index (χ0n) is 10.7. The van der Waals surface area contributed by atoms with Crippen molar-refractivity contribution in [1.82, 2.24) is 4.31 Å². The third kappa shape index (κ3) is 3.16. The minimum absolute atomic E-state index is 0.0555.